The van der Waals surface area contributed by atoms with Gasteiger partial charge in [-0.05, 0) is 19.3 Å². The molecule has 0 radical (unpaired) electrons. The van der Waals surface area contributed by atoms with Crippen molar-refractivity contribution in [3.63, 3.8) is 0 Å². The number of hydrogen-bond donors (Lipinski definition) is 0. The second-order valence-corrected chi connectivity index (χ2v) is 3.35. The molecule has 0 heterocycles. The Morgan fingerprint density at radius 2 is 1.79 bits per heavy atom. The zero-order valence-corrected chi connectivity index (χ0v) is 9.94. The molecule has 0 aromatic rings. The normalized spacial score (nSPS) is 11.5. The molecular formula is C12H21LiO. The quantitative estimate of drug-likeness (QED) is 0.231. The fraction of sp³-hybridized carbons (Fsp3) is 0.833. The maximum atomic E-state index is 7.06. The predicted octanol–water partition coefficient (Wildman–Crippen LogP) is 0.346. The van der Waals surface area contributed by atoms with Crippen molar-refractivity contribution in [3.05, 3.63) is 6.42 Å². The van der Waals surface area contributed by atoms with Crippen LogP contribution in [0.25, 0.3) is 0 Å². The minimum Gasteiger partial charge on any atom is -0.691 e. The topological polar surface area (TPSA) is 9.23 Å². The maximum absolute atomic E-state index is 7.06. The van der Waals surface area contributed by atoms with Gasteiger partial charge in [-0.25, -0.2) is 0 Å². The third-order valence-corrected chi connectivity index (χ3v) is 2.05. The first-order valence-corrected chi connectivity index (χ1v) is 5.39. The predicted molar refractivity (Wildman–Crippen MR) is 55.9 cm³/mol. The first kappa shape index (κ1) is 16.5. The van der Waals surface area contributed by atoms with Gasteiger partial charge in [0.25, 0.3) is 0 Å². The summed E-state index contributed by atoms with van der Waals surface area (Å²) in [5.41, 5.74) is 0. The number of rotatable bonds is 8. The van der Waals surface area contributed by atoms with Crippen LogP contribution in [-0.4, -0.2) is 12.7 Å². The summed E-state index contributed by atoms with van der Waals surface area (Å²) in [4.78, 5) is 0. The van der Waals surface area contributed by atoms with E-state index in [2.05, 4.69) is 19.8 Å². The molecule has 0 N–H and O–H groups in total. The first-order chi connectivity index (χ1) is 6.35. The summed E-state index contributed by atoms with van der Waals surface area (Å²) >= 11 is 0. The molecule has 0 aliphatic carbocycles. The third kappa shape index (κ3) is 10.2. The van der Waals surface area contributed by atoms with Gasteiger partial charge in [-0.2, -0.15) is 0 Å². The van der Waals surface area contributed by atoms with Gasteiger partial charge in [0.2, 0.25) is 0 Å². The van der Waals surface area contributed by atoms with Crippen molar-refractivity contribution in [2.45, 2.75) is 58.5 Å². The average molecular weight is 188 g/mol. The van der Waals surface area contributed by atoms with Gasteiger partial charge in [0, 0.05) is 6.61 Å². The Kier molecular flexibility index (Phi) is 15.5. The maximum Gasteiger partial charge on any atom is 1.00 e. The molecule has 1 atom stereocenters. The molecule has 0 aliphatic rings. The SMILES string of the molecule is [C-]#CC(CCCCC)OCCCC.[Li+]. The van der Waals surface area contributed by atoms with Crippen molar-refractivity contribution in [2.24, 2.45) is 0 Å². The van der Waals surface area contributed by atoms with Gasteiger partial charge >= 0.3 is 18.9 Å². The van der Waals surface area contributed by atoms with Gasteiger partial charge in [-0.3, -0.25) is 0 Å². The van der Waals surface area contributed by atoms with Crippen LogP contribution in [0.2, 0.25) is 0 Å². The van der Waals surface area contributed by atoms with Crippen LogP contribution in [-0.2, 0) is 4.74 Å². The van der Waals surface area contributed by atoms with Crippen LogP contribution >= 0.6 is 0 Å². The molecule has 1 nitrogen and oxygen atoms in total. The average Bonchev–Trinajstić information content (AvgIpc) is 2.16. The molecule has 0 amide bonds. The van der Waals surface area contributed by atoms with Gasteiger partial charge in [-0.15, -0.1) is 0 Å². The summed E-state index contributed by atoms with van der Waals surface area (Å²) in [5, 5.41) is 0. The Bertz CT molecular complexity index is 130. The summed E-state index contributed by atoms with van der Waals surface area (Å²) in [5.74, 6) is 2.45. The Hall–Kier alpha value is 0.117. The summed E-state index contributed by atoms with van der Waals surface area (Å²) in [6.45, 7) is 5.10. The molecule has 2 heteroatoms. The Balaban J connectivity index is 0. The number of hydrogen-bond acceptors (Lipinski definition) is 1. The van der Waals surface area contributed by atoms with E-state index in [0.29, 0.717) is 0 Å². The fourth-order valence-electron chi connectivity index (χ4n) is 1.15. The first-order valence-electron chi connectivity index (χ1n) is 5.39. The van der Waals surface area contributed by atoms with Crippen molar-refractivity contribution >= 4 is 0 Å². The van der Waals surface area contributed by atoms with Gasteiger partial charge in [0.05, 0.1) is 6.10 Å². The van der Waals surface area contributed by atoms with Crippen molar-refractivity contribution in [1.29, 1.82) is 0 Å². The molecule has 0 aromatic heterocycles. The van der Waals surface area contributed by atoms with E-state index in [1.807, 2.05) is 0 Å². The Morgan fingerprint density at radius 1 is 1.14 bits per heavy atom. The Labute approximate surface area is 101 Å². The minimum atomic E-state index is -0.0573. The summed E-state index contributed by atoms with van der Waals surface area (Å²) < 4.78 is 5.48. The molecule has 0 bridgehead atoms. The van der Waals surface area contributed by atoms with E-state index >= 15 is 0 Å². The van der Waals surface area contributed by atoms with Crippen LogP contribution in [0.15, 0.2) is 0 Å². The molecule has 0 rings (SSSR count). The van der Waals surface area contributed by atoms with E-state index in [0.717, 1.165) is 32.3 Å². The summed E-state index contributed by atoms with van der Waals surface area (Å²) in [6, 6.07) is 0. The monoisotopic (exact) mass is 188 g/mol. The van der Waals surface area contributed by atoms with Crippen LogP contribution in [0.1, 0.15) is 52.4 Å². The molecule has 0 aliphatic heterocycles. The summed E-state index contributed by atoms with van der Waals surface area (Å²) in [7, 11) is 0. The molecule has 1 unspecified atom stereocenters. The van der Waals surface area contributed by atoms with Crippen LogP contribution in [0, 0.1) is 12.3 Å². The molecule has 0 saturated carbocycles. The minimum absolute atomic E-state index is 0. The van der Waals surface area contributed by atoms with Crippen molar-refractivity contribution < 1.29 is 23.6 Å². The van der Waals surface area contributed by atoms with Gasteiger partial charge in [0.15, 0.2) is 0 Å². The second kappa shape index (κ2) is 13.1. The standard InChI is InChI=1S/C12H21O.Li/c1-4-7-9-10-12(6-3)13-11-8-5-2;/h12H,4-5,7-11H2,1-2H3;/q-1;+1. The van der Waals surface area contributed by atoms with E-state index in [1.54, 1.807) is 0 Å². The molecular weight excluding hydrogens is 167 g/mol. The van der Waals surface area contributed by atoms with E-state index < -0.39 is 0 Å². The largest absolute Gasteiger partial charge is 1.00 e. The number of ether oxygens (including phenoxy) is 1. The summed E-state index contributed by atoms with van der Waals surface area (Å²) in [6.07, 6.45) is 13.8. The van der Waals surface area contributed by atoms with Crippen molar-refractivity contribution in [3.8, 4) is 5.92 Å². The molecule has 0 fully saturated rings. The van der Waals surface area contributed by atoms with E-state index in [9.17, 15) is 0 Å². The van der Waals surface area contributed by atoms with Crippen LogP contribution in [0.4, 0.5) is 0 Å². The van der Waals surface area contributed by atoms with Crippen molar-refractivity contribution in [1.82, 2.24) is 0 Å². The van der Waals surface area contributed by atoms with Crippen LogP contribution in [0.3, 0.4) is 0 Å². The molecule has 76 valence electrons. The zero-order chi connectivity index (χ0) is 9.94. The van der Waals surface area contributed by atoms with Gasteiger partial charge in [-0.1, -0.05) is 33.1 Å². The fourth-order valence-corrected chi connectivity index (χ4v) is 1.15. The van der Waals surface area contributed by atoms with Gasteiger partial charge in [0.1, 0.15) is 0 Å². The molecule has 0 aromatic carbocycles. The van der Waals surface area contributed by atoms with Gasteiger partial charge < -0.3 is 17.1 Å². The second-order valence-electron chi connectivity index (χ2n) is 3.35. The molecule has 14 heavy (non-hydrogen) atoms. The van der Waals surface area contributed by atoms with E-state index in [-0.39, 0.29) is 25.0 Å². The molecule has 0 spiro atoms. The van der Waals surface area contributed by atoms with Crippen LogP contribution < -0.4 is 18.9 Å². The van der Waals surface area contributed by atoms with Crippen molar-refractivity contribution in [2.75, 3.05) is 6.61 Å². The Morgan fingerprint density at radius 3 is 2.29 bits per heavy atom. The van der Waals surface area contributed by atoms with E-state index in [1.165, 1.54) is 12.8 Å². The molecule has 0 saturated heterocycles. The third-order valence-electron chi connectivity index (χ3n) is 2.05. The smallest absolute Gasteiger partial charge is 0.691 e. The van der Waals surface area contributed by atoms with Crippen LogP contribution in [0.5, 0.6) is 0 Å². The zero-order valence-electron chi connectivity index (χ0n) is 9.94. The number of unbranched alkanes of at least 4 members (excludes halogenated alkanes) is 3. The van der Waals surface area contributed by atoms with E-state index in [4.69, 9.17) is 11.2 Å².